The van der Waals surface area contributed by atoms with E-state index in [9.17, 15) is 9.05 Å². The molecule has 2 aromatic rings. The predicted octanol–water partition coefficient (Wildman–Crippen LogP) is 5.69. The molecule has 0 atom stereocenters. The summed E-state index contributed by atoms with van der Waals surface area (Å²) in [5.41, 5.74) is 1.82. The molecule has 0 fully saturated rings. The van der Waals surface area contributed by atoms with Crippen LogP contribution in [-0.2, 0) is 26.0 Å². The zero-order chi connectivity index (χ0) is 25.3. The molecule has 0 saturated carbocycles. The summed E-state index contributed by atoms with van der Waals surface area (Å²) < 4.78 is 46.3. The highest BCUT2D eigenvalue weighted by Crippen LogP contribution is 2.23. The van der Waals surface area contributed by atoms with Crippen molar-refractivity contribution < 1.29 is 42.6 Å². The van der Waals surface area contributed by atoms with Gasteiger partial charge in [-0.1, -0.05) is 31.2 Å². The maximum absolute atomic E-state index is 11.4. The molecule has 9 heteroatoms. The SMILES string of the molecule is CCCOF.COCCOC.COc1ccc(C)c(OC)c1.COc1ccccc1COF. The lowest BCUT2D eigenvalue weighted by Crippen LogP contribution is -1.96. The minimum atomic E-state index is -0.0655. The first kappa shape index (κ1) is 32.7. The van der Waals surface area contributed by atoms with Gasteiger partial charge in [0.1, 0.15) is 23.9 Å². The summed E-state index contributed by atoms with van der Waals surface area (Å²) in [5.74, 6) is 2.34. The van der Waals surface area contributed by atoms with Gasteiger partial charge >= 0.3 is 0 Å². The number of benzene rings is 2. The van der Waals surface area contributed by atoms with Crippen molar-refractivity contribution in [2.24, 2.45) is 0 Å². The molecule has 33 heavy (non-hydrogen) atoms. The van der Waals surface area contributed by atoms with Crippen LogP contribution in [0.1, 0.15) is 24.5 Å². The van der Waals surface area contributed by atoms with Gasteiger partial charge in [-0.15, -0.1) is 0 Å². The minimum absolute atomic E-state index is 0.0655. The van der Waals surface area contributed by atoms with Crippen LogP contribution in [0.3, 0.4) is 0 Å². The summed E-state index contributed by atoms with van der Waals surface area (Å²) in [5, 5.41) is 0. The van der Waals surface area contributed by atoms with Gasteiger partial charge in [-0.3, -0.25) is 0 Å². The van der Waals surface area contributed by atoms with Crippen molar-refractivity contribution in [3.63, 3.8) is 0 Å². The van der Waals surface area contributed by atoms with Crippen LogP contribution in [0.15, 0.2) is 42.5 Å². The Morgan fingerprint density at radius 3 is 1.73 bits per heavy atom. The van der Waals surface area contributed by atoms with Gasteiger partial charge in [0.25, 0.3) is 0 Å². The first-order valence-corrected chi connectivity index (χ1v) is 10.2. The van der Waals surface area contributed by atoms with Crippen molar-refractivity contribution in [2.75, 3.05) is 55.4 Å². The van der Waals surface area contributed by atoms with Crippen LogP contribution in [-0.4, -0.2) is 55.4 Å². The number of hydrogen-bond acceptors (Lipinski definition) is 7. The molecule has 0 spiro atoms. The fourth-order valence-electron chi connectivity index (χ4n) is 2.05. The third-order valence-corrected chi connectivity index (χ3v) is 3.79. The number of rotatable bonds is 10. The lowest BCUT2D eigenvalue weighted by atomic mass is 10.2. The normalized spacial score (nSPS) is 9.24. The van der Waals surface area contributed by atoms with Crippen molar-refractivity contribution in [1.82, 2.24) is 0 Å². The van der Waals surface area contributed by atoms with Crippen molar-refractivity contribution in [1.29, 1.82) is 0 Å². The van der Waals surface area contributed by atoms with E-state index in [-0.39, 0.29) is 13.2 Å². The molecule has 0 bridgehead atoms. The second kappa shape index (κ2) is 24.2. The third-order valence-electron chi connectivity index (χ3n) is 3.79. The molecule has 0 N–H and O–H groups in total. The topological polar surface area (TPSA) is 64.6 Å². The molecule has 0 aliphatic heterocycles. The average Bonchev–Trinajstić information content (AvgIpc) is 2.85. The van der Waals surface area contributed by atoms with Gasteiger partial charge < -0.3 is 23.7 Å². The lowest BCUT2D eigenvalue weighted by Gasteiger charge is -2.05. The van der Waals surface area contributed by atoms with E-state index < -0.39 is 0 Å². The van der Waals surface area contributed by atoms with Crippen LogP contribution < -0.4 is 14.2 Å². The van der Waals surface area contributed by atoms with Crippen LogP contribution in [0.25, 0.3) is 0 Å². The minimum Gasteiger partial charge on any atom is -0.497 e. The molecule has 0 radical (unpaired) electrons. The van der Waals surface area contributed by atoms with Gasteiger partial charge in [0, 0.05) is 25.8 Å². The molecular formula is C24H38F2O7. The second-order valence-electron chi connectivity index (χ2n) is 6.20. The Morgan fingerprint density at radius 1 is 0.697 bits per heavy atom. The van der Waals surface area contributed by atoms with Crippen LogP contribution in [0.2, 0.25) is 0 Å². The molecule has 190 valence electrons. The highest BCUT2D eigenvalue weighted by Gasteiger charge is 2.00. The summed E-state index contributed by atoms with van der Waals surface area (Å²) in [6.45, 7) is 5.38. The van der Waals surface area contributed by atoms with Gasteiger partial charge in [-0.2, -0.15) is 9.88 Å². The molecular weight excluding hydrogens is 438 g/mol. The van der Waals surface area contributed by atoms with Crippen LogP contribution >= 0.6 is 0 Å². The molecule has 0 aliphatic rings. The van der Waals surface area contributed by atoms with Crippen molar-refractivity contribution in [3.8, 4) is 17.2 Å². The quantitative estimate of drug-likeness (QED) is 0.409. The third kappa shape index (κ3) is 17.7. The standard InChI is InChI=1S/C9H12O2.C8H9FO2.C4H10O2.C3H7FO/c1-7-4-5-8(10-2)6-9(7)11-3;1-10-8-5-3-2-4-7(8)6-11-9;1-5-3-4-6-2;1-2-3-5-4/h4-6H,1-3H3;2-5H,6H2,1H3;3-4H2,1-2H3;2-3H2,1H3. The Morgan fingerprint density at radius 2 is 1.30 bits per heavy atom. The fraction of sp³-hybridized carbons (Fsp3) is 0.500. The number of aryl methyl sites for hydroxylation is 1. The van der Waals surface area contributed by atoms with Crippen molar-refractivity contribution in [3.05, 3.63) is 53.6 Å². The summed E-state index contributed by atoms with van der Waals surface area (Å²) in [7, 11) is 8.14. The Bertz CT molecular complexity index is 682. The average molecular weight is 477 g/mol. The second-order valence-corrected chi connectivity index (χ2v) is 6.20. The van der Waals surface area contributed by atoms with Crippen LogP contribution in [0, 0.1) is 6.92 Å². The molecule has 0 amide bonds. The first-order chi connectivity index (χ1) is 16.0. The largest absolute Gasteiger partial charge is 0.497 e. The number of ether oxygens (including phenoxy) is 5. The Labute approximate surface area is 196 Å². The lowest BCUT2D eigenvalue weighted by molar-refractivity contribution is -0.144. The smallest absolute Gasteiger partial charge is 0.125 e. The predicted molar refractivity (Wildman–Crippen MR) is 124 cm³/mol. The van der Waals surface area contributed by atoms with E-state index in [1.165, 1.54) is 7.11 Å². The zero-order valence-corrected chi connectivity index (χ0v) is 20.7. The maximum Gasteiger partial charge on any atom is 0.125 e. The highest BCUT2D eigenvalue weighted by atomic mass is 19.3. The number of hydrogen-bond donors (Lipinski definition) is 0. The van der Waals surface area contributed by atoms with Crippen LogP contribution in [0.4, 0.5) is 9.05 Å². The van der Waals surface area contributed by atoms with E-state index >= 15 is 0 Å². The van der Waals surface area contributed by atoms with E-state index in [1.54, 1.807) is 46.6 Å². The number of para-hydroxylation sites is 1. The summed E-state index contributed by atoms with van der Waals surface area (Å²) >= 11 is 0. The zero-order valence-electron chi connectivity index (χ0n) is 20.7. The maximum atomic E-state index is 11.4. The van der Waals surface area contributed by atoms with Gasteiger partial charge in [0.15, 0.2) is 0 Å². The number of methoxy groups -OCH3 is 5. The van der Waals surface area contributed by atoms with Gasteiger partial charge in [-0.05, 0) is 40.1 Å². The Kier molecular flexibility index (Phi) is 24.0. The van der Waals surface area contributed by atoms with Crippen LogP contribution in [0.5, 0.6) is 17.2 Å². The van der Waals surface area contributed by atoms with E-state index in [0.717, 1.165) is 23.5 Å². The monoisotopic (exact) mass is 476 g/mol. The molecule has 2 aromatic carbocycles. The van der Waals surface area contributed by atoms with Gasteiger partial charge in [0.05, 0.1) is 41.2 Å². The first-order valence-electron chi connectivity index (χ1n) is 10.2. The molecule has 0 saturated heterocycles. The molecule has 2 rings (SSSR count). The van der Waals surface area contributed by atoms with E-state index in [4.69, 9.17) is 14.2 Å². The number of halogens is 2. The Balaban J connectivity index is 0. The molecule has 7 nitrogen and oxygen atoms in total. The molecule has 0 aliphatic carbocycles. The van der Waals surface area contributed by atoms with E-state index in [0.29, 0.717) is 24.5 Å². The van der Waals surface area contributed by atoms with Gasteiger partial charge in [0.2, 0.25) is 0 Å². The van der Waals surface area contributed by atoms with E-state index in [1.807, 2.05) is 38.1 Å². The Hall–Kier alpha value is -2.46. The van der Waals surface area contributed by atoms with Crippen molar-refractivity contribution >= 4 is 0 Å². The van der Waals surface area contributed by atoms with Gasteiger partial charge in [-0.25, -0.2) is 0 Å². The molecule has 0 unspecified atom stereocenters. The highest BCUT2D eigenvalue weighted by molar-refractivity contribution is 5.39. The van der Waals surface area contributed by atoms with E-state index in [2.05, 4.69) is 19.4 Å². The summed E-state index contributed by atoms with van der Waals surface area (Å²) in [4.78, 5) is 6.68. The summed E-state index contributed by atoms with van der Waals surface area (Å²) in [6, 6.07) is 12.9. The summed E-state index contributed by atoms with van der Waals surface area (Å²) in [6.07, 6.45) is 0.747. The molecule has 0 aromatic heterocycles. The van der Waals surface area contributed by atoms with Crippen molar-refractivity contribution in [2.45, 2.75) is 26.9 Å². The fourth-order valence-corrected chi connectivity index (χ4v) is 2.05. The molecule has 0 heterocycles.